The number of hydrazone groups is 1. The van der Waals surface area contributed by atoms with Gasteiger partial charge in [0.2, 0.25) is 6.79 Å². The first-order valence-corrected chi connectivity index (χ1v) is 12.8. The lowest BCUT2D eigenvalue weighted by molar-refractivity contribution is -0.139. The Balaban J connectivity index is 1.28. The zero-order chi connectivity index (χ0) is 27.8. The maximum Gasteiger partial charge on any atom is 0.329 e. The number of halogens is 1. The average Bonchev–Trinajstić information content (AvgIpc) is 3.38. The van der Waals surface area contributed by atoms with Gasteiger partial charge in [-0.2, -0.15) is 5.10 Å². The number of amides is 3. The smallest absolute Gasteiger partial charge is 0.329 e. The van der Waals surface area contributed by atoms with Crippen LogP contribution in [0.15, 0.2) is 59.7 Å². The molecule has 0 radical (unpaired) electrons. The molecule has 3 amide bonds. The molecule has 1 aliphatic heterocycles. The van der Waals surface area contributed by atoms with Crippen molar-refractivity contribution in [1.29, 1.82) is 0 Å². The number of nitrogens with one attached hydrogen (secondary N) is 3. The first kappa shape index (κ1) is 27.7. The van der Waals surface area contributed by atoms with E-state index in [0.717, 1.165) is 11.1 Å². The third kappa shape index (κ3) is 7.60. The van der Waals surface area contributed by atoms with Crippen molar-refractivity contribution in [2.45, 2.75) is 13.5 Å². The second-order valence-corrected chi connectivity index (χ2v) is 9.47. The van der Waals surface area contributed by atoms with Crippen LogP contribution in [0.3, 0.4) is 0 Å². The van der Waals surface area contributed by atoms with Crippen LogP contribution >= 0.6 is 22.6 Å². The zero-order valence-corrected chi connectivity index (χ0v) is 23.2. The Bertz CT molecular complexity index is 1430. The number of aryl methyl sites for hydroxylation is 1. The van der Waals surface area contributed by atoms with Crippen molar-refractivity contribution in [2.24, 2.45) is 5.10 Å². The Morgan fingerprint density at radius 2 is 1.87 bits per heavy atom. The molecule has 0 atom stereocenters. The van der Waals surface area contributed by atoms with Crippen LogP contribution in [0.1, 0.15) is 16.7 Å². The van der Waals surface area contributed by atoms with E-state index in [9.17, 15) is 14.4 Å². The van der Waals surface area contributed by atoms with E-state index in [1.54, 1.807) is 36.4 Å². The van der Waals surface area contributed by atoms with Gasteiger partial charge in [-0.1, -0.05) is 18.2 Å². The topological polar surface area (TPSA) is 137 Å². The number of carbonyl (C=O) groups is 3. The highest BCUT2D eigenvalue weighted by atomic mass is 127. The van der Waals surface area contributed by atoms with Crippen LogP contribution < -0.4 is 35.0 Å². The van der Waals surface area contributed by atoms with Gasteiger partial charge in [0.1, 0.15) is 0 Å². The quantitative estimate of drug-likeness (QED) is 0.141. The molecule has 0 aromatic heterocycles. The van der Waals surface area contributed by atoms with Crippen LogP contribution in [-0.4, -0.2) is 44.4 Å². The molecule has 0 aliphatic carbocycles. The molecule has 3 N–H and O–H groups in total. The highest BCUT2D eigenvalue weighted by Gasteiger charge is 2.16. The minimum atomic E-state index is -0.923. The summed E-state index contributed by atoms with van der Waals surface area (Å²) in [5.74, 6) is -0.1000. The van der Waals surface area contributed by atoms with E-state index in [1.807, 2.05) is 47.7 Å². The van der Waals surface area contributed by atoms with Crippen LogP contribution in [0.2, 0.25) is 0 Å². The zero-order valence-electron chi connectivity index (χ0n) is 21.1. The lowest BCUT2D eigenvalue weighted by atomic mass is 10.2. The SMILES string of the molecule is COc1cc(/C=N\NC(=O)C(=O)NCc2ccc3c(c2)OCO3)cc(I)c1OCC(=O)Nc1cccc(C)c1. The van der Waals surface area contributed by atoms with E-state index in [0.29, 0.717) is 37.8 Å². The summed E-state index contributed by atoms with van der Waals surface area (Å²) in [4.78, 5) is 36.6. The van der Waals surface area contributed by atoms with Gasteiger partial charge in [-0.25, -0.2) is 5.43 Å². The number of nitrogens with zero attached hydrogens (tertiary/aromatic N) is 1. The molecule has 39 heavy (non-hydrogen) atoms. The van der Waals surface area contributed by atoms with Gasteiger partial charge in [0.25, 0.3) is 5.91 Å². The number of methoxy groups -OCH3 is 1. The van der Waals surface area contributed by atoms with Crippen LogP contribution in [0.4, 0.5) is 5.69 Å². The van der Waals surface area contributed by atoms with Gasteiger partial charge in [-0.05, 0) is 82.6 Å². The summed E-state index contributed by atoms with van der Waals surface area (Å²) in [6.45, 7) is 2.00. The molecule has 0 spiro atoms. The van der Waals surface area contributed by atoms with Crippen molar-refractivity contribution in [3.8, 4) is 23.0 Å². The summed E-state index contributed by atoms with van der Waals surface area (Å²) in [6, 6.07) is 16.0. The first-order valence-electron chi connectivity index (χ1n) is 11.7. The number of anilines is 1. The third-order valence-electron chi connectivity index (χ3n) is 5.38. The molecular weight excluding hydrogens is 619 g/mol. The Kier molecular flexibility index (Phi) is 9.20. The Hall–Kier alpha value is -4.33. The molecule has 0 saturated heterocycles. The fraction of sp³-hybridized carbons (Fsp3) is 0.185. The lowest BCUT2D eigenvalue weighted by Crippen LogP contribution is -2.37. The van der Waals surface area contributed by atoms with Crippen molar-refractivity contribution in [3.63, 3.8) is 0 Å². The fourth-order valence-electron chi connectivity index (χ4n) is 3.54. The number of benzene rings is 3. The fourth-order valence-corrected chi connectivity index (χ4v) is 4.32. The number of ether oxygens (including phenoxy) is 4. The van der Waals surface area contributed by atoms with Crippen molar-refractivity contribution in [1.82, 2.24) is 10.7 Å². The predicted molar refractivity (Wildman–Crippen MR) is 151 cm³/mol. The van der Waals surface area contributed by atoms with Crippen molar-refractivity contribution < 1.29 is 33.3 Å². The van der Waals surface area contributed by atoms with E-state index < -0.39 is 11.8 Å². The molecule has 11 nitrogen and oxygen atoms in total. The van der Waals surface area contributed by atoms with Gasteiger partial charge in [-0.15, -0.1) is 0 Å². The van der Waals surface area contributed by atoms with E-state index in [4.69, 9.17) is 18.9 Å². The predicted octanol–water partition coefficient (Wildman–Crippen LogP) is 3.12. The molecule has 3 aromatic rings. The van der Waals surface area contributed by atoms with E-state index in [1.165, 1.54) is 13.3 Å². The summed E-state index contributed by atoms with van der Waals surface area (Å²) < 4.78 is 22.3. The molecule has 0 bridgehead atoms. The maximum absolute atomic E-state index is 12.3. The highest BCUT2D eigenvalue weighted by Crippen LogP contribution is 2.34. The molecule has 0 saturated carbocycles. The Morgan fingerprint density at radius 3 is 2.67 bits per heavy atom. The monoisotopic (exact) mass is 644 g/mol. The van der Waals surface area contributed by atoms with E-state index in [2.05, 4.69) is 21.2 Å². The van der Waals surface area contributed by atoms with Gasteiger partial charge in [0.15, 0.2) is 29.6 Å². The Morgan fingerprint density at radius 1 is 1.05 bits per heavy atom. The summed E-state index contributed by atoms with van der Waals surface area (Å²) in [7, 11) is 1.47. The van der Waals surface area contributed by atoms with E-state index in [-0.39, 0.29) is 25.9 Å². The number of rotatable bonds is 9. The minimum absolute atomic E-state index is 0.131. The van der Waals surface area contributed by atoms with Gasteiger partial charge in [-0.3, -0.25) is 14.4 Å². The molecule has 202 valence electrons. The van der Waals surface area contributed by atoms with Crippen molar-refractivity contribution in [2.75, 3.05) is 25.8 Å². The molecule has 12 heteroatoms. The third-order valence-corrected chi connectivity index (χ3v) is 6.18. The molecule has 1 aliphatic rings. The van der Waals surface area contributed by atoms with Crippen molar-refractivity contribution in [3.05, 3.63) is 74.9 Å². The molecule has 3 aromatic carbocycles. The summed E-state index contributed by atoms with van der Waals surface area (Å²) in [5, 5.41) is 9.16. The van der Waals surface area contributed by atoms with Crippen LogP contribution in [0, 0.1) is 10.5 Å². The largest absolute Gasteiger partial charge is 0.493 e. The molecule has 0 fully saturated rings. The number of carbonyl (C=O) groups excluding carboxylic acids is 3. The second kappa shape index (κ2) is 13.0. The Labute approximate surface area is 238 Å². The highest BCUT2D eigenvalue weighted by molar-refractivity contribution is 14.1. The normalized spacial score (nSPS) is 11.7. The summed E-state index contributed by atoms with van der Waals surface area (Å²) >= 11 is 2.05. The van der Waals surface area contributed by atoms with E-state index >= 15 is 0 Å². The van der Waals surface area contributed by atoms with Crippen LogP contribution in [0.25, 0.3) is 0 Å². The van der Waals surface area contributed by atoms with Crippen LogP contribution in [0.5, 0.6) is 23.0 Å². The molecule has 1 heterocycles. The minimum Gasteiger partial charge on any atom is -0.493 e. The lowest BCUT2D eigenvalue weighted by Gasteiger charge is -2.13. The number of hydrogen-bond donors (Lipinski definition) is 3. The van der Waals surface area contributed by atoms with Crippen molar-refractivity contribution >= 4 is 52.2 Å². The van der Waals surface area contributed by atoms with Crippen LogP contribution in [-0.2, 0) is 20.9 Å². The number of hydrogen-bond acceptors (Lipinski definition) is 8. The summed E-state index contributed by atoms with van der Waals surface area (Å²) in [6.07, 6.45) is 1.36. The second-order valence-electron chi connectivity index (χ2n) is 8.31. The summed E-state index contributed by atoms with van der Waals surface area (Å²) in [5.41, 5.74) is 5.23. The maximum atomic E-state index is 12.3. The average molecular weight is 644 g/mol. The molecular formula is C27H25IN4O7. The molecule has 4 rings (SSSR count). The van der Waals surface area contributed by atoms with Gasteiger partial charge in [0.05, 0.1) is 16.9 Å². The number of fused-ring (bicyclic) bond motifs is 1. The first-order chi connectivity index (χ1) is 18.8. The van der Waals surface area contributed by atoms with Gasteiger partial charge in [0, 0.05) is 12.2 Å². The molecule has 0 unspecified atom stereocenters. The van der Waals surface area contributed by atoms with Gasteiger partial charge < -0.3 is 29.6 Å². The van der Waals surface area contributed by atoms with Gasteiger partial charge >= 0.3 is 11.8 Å². The standard InChI is InChI=1S/C27H25IN4O7/c1-16-4-3-5-19(8-16)31-24(33)14-37-25-20(28)9-18(11-23(25)36-2)13-30-32-27(35)26(34)29-12-17-6-7-21-22(10-17)39-15-38-21/h3-11,13H,12,14-15H2,1-2H3,(H,29,34)(H,31,33)(H,32,35)/b30-13-.